The van der Waals surface area contributed by atoms with Crippen LogP contribution in [0.2, 0.25) is 5.02 Å². The molecule has 1 aromatic rings. The molecule has 1 aromatic heterocycles. The van der Waals surface area contributed by atoms with Crippen LogP contribution in [0.25, 0.3) is 0 Å². The highest BCUT2D eigenvalue weighted by Crippen LogP contribution is 2.17. The highest BCUT2D eigenvalue weighted by Gasteiger charge is 2.05. The molecule has 1 rings (SSSR count). The molecular formula is C10H15ClN2O. The van der Waals surface area contributed by atoms with Crippen molar-refractivity contribution in [2.24, 2.45) is 0 Å². The molecule has 0 aliphatic carbocycles. The Morgan fingerprint density at radius 3 is 3.07 bits per heavy atom. The fourth-order valence-electron chi connectivity index (χ4n) is 1.06. The minimum atomic E-state index is 0.211. The molecule has 0 saturated carbocycles. The Morgan fingerprint density at radius 2 is 2.43 bits per heavy atom. The largest absolute Gasteiger partial charge is 0.380 e. The lowest BCUT2D eigenvalue weighted by atomic mass is 10.3. The van der Waals surface area contributed by atoms with Crippen molar-refractivity contribution in [3.8, 4) is 0 Å². The molecule has 0 radical (unpaired) electrons. The van der Waals surface area contributed by atoms with Crippen LogP contribution in [0, 0.1) is 0 Å². The second-order valence-corrected chi connectivity index (χ2v) is 3.45. The van der Waals surface area contributed by atoms with Gasteiger partial charge in [0.05, 0.1) is 11.6 Å². The number of nitrogens with zero attached hydrogens (tertiary/aromatic N) is 1. The van der Waals surface area contributed by atoms with Gasteiger partial charge in [-0.2, -0.15) is 0 Å². The van der Waals surface area contributed by atoms with Crippen molar-refractivity contribution in [1.82, 2.24) is 4.98 Å². The molecule has 3 nitrogen and oxygen atoms in total. The molecule has 78 valence electrons. The maximum absolute atomic E-state index is 5.94. The first-order chi connectivity index (χ1) is 6.74. The van der Waals surface area contributed by atoms with Crippen molar-refractivity contribution in [2.75, 3.05) is 18.5 Å². The first-order valence-corrected chi connectivity index (χ1v) is 5.06. The lowest BCUT2D eigenvalue weighted by Gasteiger charge is -2.14. The van der Waals surface area contributed by atoms with Gasteiger partial charge >= 0.3 is 0 Å². The van der Waals surface area contributed by atoms with Crippen LogP contribution >= 0.6 is 11.6 Å². The summed E-state index contributed by atoms with van der Waals surface area (Å²) in [6.07, 6.45) is 1.71. The van der Waals surface area contributed by atoms with Gasteiger partial charge in [-0.25, -0.2) is 4.98 Å². The number of aromatic nitrogens is 1. The van der Waals surface area contributed by atoms with Gasteiger partial charge in [0.1, 0.15) is 5.82 Å². The van der Waals surface area contributed by atoms with Gasteiger partial charge in [0, 0.05) is 18.8 Å². The third-order valence-electron chi connectivity index (χ3n) is 1.71. The SMILES string of the molecule is CCOCC(C)Nc1ncccc1Cl. The summed E-state index contributed by atoms with van der Waals surface area (Å²) < 4.78 is 5.27. The Morgan fingerprint density at radius 1 is 1.64 bits per heavy atom. The Balaban J connectivity index is 2.47. The predicted octanol–water partition coefficient (Wildman–Crippen LogP) is 2.57. The van der Waals surface area contributed by atoms with Crippen LogP contribution in [0.15, 0.2) is 18.3 Å². The van der Waals surface area contributed by atoms with Gasteiger partial charge in [-0.15, -0.1) is 0 Å². The molecule has 1 N–H and O–H groups in total. The van der Waals surface area contributed by atoms with Crippen molar-refractivity contribution in [2.45, 2.75) is 19.9 Å². The van der Waals surface area contributed by atoms with E-state index in [1.54, 1.807) is 12.3 Å². The van der Waals surface area contributed by atoms with E-state index in [1.165, 1.54) is 0 Å². The van der Waals surface area contributed by atoms with Crippen LogP contribution in [0.4, 0.5) is 5.82 Å². The smallest absolute Gasteiger partial charge is 0.145 e. The molecule has 0 aliphatic rings. The Hall–Kier alpha value is -0.800. The summed E-state index contributed by atoms with van der Waals surface area (Å²) in [5, 5.41) is 3.81. The van der Waals surface area contributed by atoms with Crippen LogP contribution in [0.1, 0.15) is 13.8 Å². The molecule has 0 aliphatic heterocycles. The van der Waals surface area contributed by atoms with E-state index >= 15 is 0 Å². The molecule has 0 saturated heterocycles. The maximum Gasteiger partial charge on any atom is 0.145 e. The van der Waals surface area contributed by atoms with Crippen molar-refractivity contribution < 1.29 is 4.74 Å². The molecule has 0 spiro atoms. The van der Waals surface area contributed by atoms with Crippen LogP contribution in [0.3, 0.4) is 0 Å². The molecule has 1 unspecified atom stereocenters. The summed E-state index contributed by atoms with van der Waals surface area (Å²) in [5.41, 5.74) is 0. The Bertz CT molecular complexity index is 281. The molecular weight excluding hydrogens is 200 g/mol. The van der Waals surface area contributed by atoms with Crippen molar-refractivity contribution in [3.05, 3.63) is 23.4 Å². The summed E-state index contributed by atoms with van der Waals surface area (Å²) >= 11 is 5.94. The summed E-state index contributed by atoms with van der Waals surface area (Å²) in [4.78, 5) is 4.13. The zero-order valence-electron chi connectivity index (χ0n) is 8.46. The first kappa shape index (κ1) is 11.3. The van der Waals surface area contributed by atoms with E-state index in [0.29, 0.717) is 17.4 Å². The second kappa shape index (κ2) is 5.83. The fraction of sp³-hybridized carbons (Fsp3) is 0.500. The van der Waals surface area contributed by atoms with Gasteiger partial charge in [-0.3, -0.25) is 0 Å². The average Bonchev–Trinajstić information content (AvgIpc) is 2.18. The normalized spacial score (nSPS) is 12.5. The predicted molar refractivity (Wildman–Crippen MR) is 58.8 cm³/mol. The molecule has 1 atom stereocenters. The van der Waals surface area contributed by atoms with E-state index in [2.05, 4.69) is 10.3 Å². The zero-order valence-corrected chi connectivity index (χ0v) is 9.21. The number of nitrogens with one attached hydrogen (secondary N) is 1. The zero-order chi connectivity index (χ0) is 10.4. The number of hydrogen-bond donors (Lipinski definition) is 1. The van der Waals surface area contributed by atoms with E-state index in [-0.39, 0.29) is 6.04 Å². The molecule has 0 aromatic carbocycles. The first-order valence-electron chi connectivity index (χ1n) is 4.68. The van der Waals surface area contributed by atoms with Crippen molar-refractivity contribution >= 4 is 17.4 Å². The number of ether oxygens (including phenoxy) is 1. The molecule has 4 heteroatoms. The third-order valence-corrected chi connectivity index (χ3v) is 2.02. The van der Waals surface area contributed by atoms with Gasteiger partial charge in [-0.05, 0) is 26.0 Å². The molecule has 0 amide bonds. The Labute approximate surface area is 89.4 Å². The summed E-state index contributed by atoms with van der Waals surface area (Å²) in [6, 6.07) is 3.83. The molecule has 0 bridgehead atoms. The van der Waals surface area contributed by atoms with Crippen LogP contribution in [-0.4, -0.2) is 24.2 Å². The molecule has 14 heavy (non-hydrogen) atoms. The fourth-order valence-corrected chi connectivity index (χ4v) is 1.24. The van der Waals surface area contributed by atoms with E-state index in [1.807, 2.05) is 19.9 Å². The number of pyridine rings is 1. The number of anilines is 1. The van der Waals surface area contributed by atoms with Crippen LogP contribution in [0.5, 0.6) is 0 Å². The summed E-state index contributed by atoms with van der Waals surface area (Å²) in [6.45, 7) is 5.38. The average molecular weight is 215 g/mol. The van der Waals surface area contributed by atoms with Gasteiger partial charge < -0.3 is 10.1 Å². The topological polar surface area (TPSA) is 34.1 Å². The van der Waals surface area contributed by atoms with E-state index in [4.69, 9.17) is 16.3 Å². The summed E-state index contributed by atoms with van der Waals surface area (Å²) in [5.74, 6) is 0.710. The standard InChI is InChI=1S/C10H15ClN2O/c1-3-14-7-8(2)13-10-9(11)5-4-6-12-10/h4-6,8H,3,7H2,1-2H3,(H,12,13). The minimum Gasteiger partial charge on any atom is -0.380 e. The monoisotopic (exact) mass is 214 g/mol. The third kappa shape index (κ3) is 3.52. The number of rotatable bonds is 5. The van der Waals surface area contributed by atoms with Crippen molar-refractivity contribution in [1.29, 1.82) is 0 Å². The van der Waals surface area contributed by atoms with Crippen molar-refractivity contribution in [3.63, 3.8) is 0 Å². The summed E-state index contributed by atoms with van der Waals surface area (Å²) in [7, 11) is 0. The van der Waals surface area contributed by atoms with Crippen LogP contribution in [-0.2, 0) is 4.74 Å². The number of hydrogen-bond acceptors (Lipinski definition) is 3. The minimum absolute atomic E-state index is 0.211. The Kier molecular flexibility index (Phi) is 4.70. The van der Waals surface area contributed by atoms with Gasteiger partial charge in [0.2, 0.25) is 0 Å². The quantitative estimate of drug-likeness (QED) is 0.818. The lowest BCUT2D eigenvalue weighted by Crippen LogP contribution is -2.22. The van der Waals surface area contributed by atoms with Gasteiger partial charge in [-0.1, -0.05) is 11.6 Å². The van der Waals surface area contributed by atoms with E-state index in [0.717, 1.165) is 6.61 Å². The van der Waals surface area contributed by atoms with Crippen LogP contribution < -0.4 is 5.32 Å². The highest BCUT2D eigenvalue weighted by atomic mass is 35.5. The highest BCUT2D eigenvalue weighted by molar-refractivity contribution is 6.32. The molecule has 0 fully saturated rings. The van der Waals surface area contributed by atoms with E-state index < -0.39 is 0 Å². The van der Waals surface area contributed by atoms with Gasteiger partial charge in [0.25, 0.3) is 0 Å². The van der Waals surface area contributed by atoms with E-state index in [9.17, 15) is 0 Å². The number of halogens is 1. The van der Waals surface area contributed by atoms with Gasteiger partial charge in [0.15, 0.2) is 0 Å². The second-order valence-electron chi connectivity index (χ2n) is 3.04. The lowest BCUT2D eigenvalue weighted by molar-refractivity contribution is 0.141. The molecule has 1 heterocycles. The maximum atomic E-state index is 5.94.